The van der Waals surface area contributed by atoms with Crippen molar-refractivity contribution in [2.75, 3.05) is 19.6 Å². The number of carboxylic acids is 1. The van der Waals surface area contributed by atoms with E-state index in [1.54, 1.807) is 13.8 Å². The van der Waals surface area contributed by atoms with Crippen LogP contribution in [0.15, 0.2) is 0 Å². The Morgan fingerprint density at radius 2 is 2.14 bits per heavy atom. The van der Waals surface area contributed by atoms with Crippen molar-refractivity contribution in [1.29, 1.82) is 0 Å². The fourth-order valence-corrected chi connectivity index (χ4v) is 0.810. The van der Waals surface area contributed by atoms with Gasteiger partial charge in [-0.15, -0.1) is 5.92 Å². The lowest BCUT2D eigenvalue weighted by atomic mass is 10.5. The van der Waals surface area contributed by atoms with Crippen LogP contribution in [0.2, 0.25) is 0 Å². The van der Waals surface area contributed by atoms with Gasteiger partial charge in [0.1, 0.15) is 6.54 Å². The Labute approximate surface area is 83.1 Å². The molecule has 0 heterocycles. The first-order chi connectivity index (χ1) is 6.61. The van der Waals surface area contributed by atoms with E-state index in [9.17, 15) is 9.59 Å². The van der Waals surface area contributed by atoms with Gasteiger partial charge in [0.25, 0.3) is 0 Å². The van der Waals surface area contributed by atoms with Crippen LogP contribution in [0.1, 0.15) is 13.8 Å². The molecule has 0 rings (SSSR count). The topological polar surface area (TPSA) is 69.6 Å². The number of hydrogen-bond donors (Lipinski definition) is 2. The number of aliphatic carboxylic acids is 1. The first-order valence-corrected chi connectivity index (χ1v) is 4.26. The number of carbonyl (C=O) groups is 2. The second-order valence-corrected chi connectivity index (χ2v) is 2.49. The van der Waals surface area contributed by atoms with E-state index in [2.05, 4.69) is 17.2 Å². The summed E-state index contributed by atoms with van der Waals surface area (Å²) in [6.07, 6.45) is 0. The maximum atomic E-state index is 11.3. The second kappa shape index (κ2) is 6.78. The Morgan fingerprint density at radius 1 is 1.50 bits per heavy atom. The number of rotatable bonds is 4. The van der Waals surface area contributed by atoms with Crippen molar-refractivity contribution in [1.82, 2.24) is 10.2 Å². The van der Waals surface area contributed by atoms with E-state index in [0.29, 0.717) is 6.54 Å². The lowest BCUT2D eigenvalue weighted by Gasteiger charge is -2.17. The van der Waals surface area contributed by atoms with Gasteiger partial charge in [-0.05, 0) is 13.8 Å². The molecule has 5 nitrogen and oxygen atoms in total. The molecule has 0 spiro atoms. The zero-order valence-electron chi connectivity index (χ0n) is 8.33. The molecule has 0 aliphatic carbocycles. The van der Waals surface area contributed by atoms with Gasteiger partial charge in [-0.1, -0.05) is 5.92 Å². The fourth-order valence-electron chi connectivity index (χ4n) is 0.810. The predicted molar refractivity (Wildman–Crippen MR) is 51.7 cm³/mol. The summed E-state index contributed by atoms with van der Waals surface area (Å²) in [5, 5.41) is 11.0. The summed E-state index contributed by atoms with van der Waals surface area (Å²) in [5.74, 6) is 4.25. The SMILES string of the molecule is CC#CCNC(=O)N(CC)CC(=O)O. The normalized spacial score (nSPS) is 8.43. The smallest absolute Gasteiger partial charge is 0.323 e. The van der Waals surface area contributed by atoms with Gasteiger partial charge in [0.2, 0.25) is 0 Å². The van der Waals surface area contributed by atoms with Crippen molar-refractivity contribution < 1.29 is 14.7 Å². The average molecular weight is 198 g/mol. The summed E-state index contributed by atoms with van der Waals surface area (Å²) in [6, 6.07) is -0.405. The Balaban J connectivity index is 4.01. The van der Waals surface area contributed by atoms with Crippen LogP contribution in [0.5, 0.6) is 0 Å². The van der Waals surface area contributed by atoms with E-state index in [4.69, 9.17) is 5.11 Å². The lowest BCUT2D eigenvalue weighted by molar-refractivity contribution is -0.137. The van der Waals surface area contributed by atoms with Crippen molar-refractivity contribution >= 4 is 12.0 Å². The van der Waals surface area contributed by atoms with Gasteiger partial charge in [-0.3, -0.25) is 4.79 Å². The van der Waals surface area contributed by atoms with E-state index in [0.717, 1.165) is 0 Å². The van der Waals surface area contributed by atoms with Crippen molar-refractivity contribution in [3.8, 4) is 11.8 Å². The van der Waals surface area contributed by atoms with Crippen molar-refractivity contribution in [3.63, 3.8) is 0 Å². The Kier molecular flexibility index (Phi) is 5.95. The number of nitrogens with zero attached hydrogens (tertiary/aromatic N) is 1. The van der Waals surface area contributed by atoms with E-state index in [-0.39, 0.29) is 13.1 Å². The molecule has 0 aliphatic rings. The van der Waals surface area contributed by atoms with Crippen molar-refractivity contribution in [2.45, 2.75) is 13.8 Å². The van der Waals surface area contributed by atoms with Crippen LogP contribution in [-0.2, 0) is 4.79 Å². The number of nitrogens with one attached hydrogen (secondary N) is 1. The van der Waals surface area contributed by atoms with Gasteiger partial charge >= 0.3 is 12.0 Å². The summed E-state index contributed by atoms with van der Waals surface area (Å²) in [6.45, 7) is 3.69. The molecule has 0 aromatic carbocycles. The van der Waals surface area contributed by atoms with Gasteiger partial charge in [-0.2, -0.15) is 0 Å². The molecule has 78 valence electrons. The van der Waals surface area contributed by atoms with Gasteiger partial charge in [0.15, 0.2) is 0 Å². The Hall–Kier alpha value is -1.70. The van der Waals surface area contributed by atoms with Crippen LogP contribution in [0, 0.1) is 11.8 Å². The molecule has 0 saturated carbocycles. The average Bonchev–Trinajstić information content (AvgIpc) is 2.14. The Morgan fingerprint density at radius 3 is 2.57 bits per heavy atom. The fraction of sp³-hybridized carbons (Fsp3) is 0.556. The molecule has 0 bridgehead atoms. The van der Waals surface area contributed by atoms with E-state index in [1.165, 1.54) is 4.90 Å². The molecule has 2 N–H and O–H groups in total. The number of carbonyl (C=O) groups excluding carboxylic acids is 1. The summed E-state index contributed by atoms with van der Waals surface area (Å²) in [4.78, 5) is 22.8. The molecular weight excluding hydrogens is 184 g/mol. The monoisotopic (exact) mass is 198 g/mol. The third kappa shape index (κ3) is 5.04. The van der Waals surface area contributed by atoms with Crippen LogP contribution in [-0.4, -0.2) is 41.6 Å². The maximum absolute atomic E-state index is 11.3. The van der Waals surface area contributed by atoms with Crippen LogP contribution in [0.3, 0.4) is 0 Å². The minimum atomic E-state index is -1.02. The van der Waals surface area contributed by atoms with E-state index >= 15 is 0 Å². The molecule has 0 aromatic heterocycles. The second-order valence-electron chi connectivity index (χ2n) is 2.49. The van der Waals surface area contributed by atoms with Crippen LogP contribution in [0.25, 0.3) is 0 Å². The summed E-state index contributed by atoms with van der Waals surface area (Å²) in [7, 11) is 0. The maximum Gasteiger partial charge on any atom is 0.323 e. The number of urea groups is 1. The zero-order chi connectivity index (χ0) is 11.0. The standard InChI is InChI=1S/C9H14N2O3/c1-3-5-6-10-9(14)11(4-2)7-8(12)13/h4,6-7H2,1-2H3,(H,10,14)(H,12,13). The molecule has 0 radical (unpaired) electrons. The third-order valence-electron chi connectivity index (χ3n) is 1.50. The Bertz CT molecular complexity index is 265. The van der Waals surface area contributed by atoms with Crippen LogP contribution in [0.4, 0.5) is 4.79 Å². The highest BCUT2D eigenvalue weighted by Gasteiger charge is 2.13. The predicted octanol–water partition coefficient (Wildman–Crippen LogP) is 0.126. The molecule has 0 saturated heterocycles. The first-order valence-electron chi connectivity index (χ1n) is 4.26. The third-order valence-corrected chi connectivity index (χ3v) is 1.50. The lowest BCUT2D eigenvalue weighted by Crippen LogP contribution is -2.42. The summed E-state index contributed by atoms with van der Waals surface area (Å²) in [5.41, 5.74) is 0. The molecular formula is C9H14N2O3. The largest absolute Gasteiger partial charge is 0.480 e. The van der Waals surface area contributed by atoms with Gasteiger partial charge in [0.05, 0.1) is 6.54 Å². The van der Waals surface area contributed by atoms with Gasteiger partial charge in [0, 0.05) is 6.54 Å². The van der Waals surface area contributed by atoms with Crippen molar-refractivity contribution in [2.24, 2.45) is 0 Å². The highest BCUT2D eigenvalue weighted by Crippen LogP contribution is 1.88. The summed E-state index contributed by atoms with van der Waals surface area (Å²) >= 11 is 0. The molecule has 0 aliphatic heterocycles. The van der Waals surface area contributed by atoms with Gasteiger partial charge < -0.3 is 15.3 Å². The highest BCUT2D eigenvalue weighted by molar-refractivity contribution is 5.80. The molecule has 0 unspecified atom stereocenters. The van der Waals surface area contributed by atoms with Crippen molar-refractivity contribution in [3.05, 3.63) is 0 Å². The molecule has 2 amide bonds. The quantitative estimate of drug-likeness (QED) is 0.631. The number of hydrogen-bond acceptors (Lipinski definition) is 2. The minimum absolute atomic E-state index is 0.242. The zero-order valence-corrected chi connectivity index (χ0v) is 8.33. The highest BCUT2D eigenvalue weighted by atomic mass is 16.4. The first kappa shape index (κ1) is 12.3. The molecule has 0 fully saturated rings. The summed E-state index contributed by atoms with van der Waals surface area (Å²) < 4.78 is 0. The number of likely N-dealkylation sites (N-methyl/N-ethyl adjacent to an activating group) is 1. The number of carboxylic acid groups (broad SMARTS) is 1. The number of amides is 2. The molecule has 0 atom stereocenters. The van der Waals surface area contributed by atoms with Crippen LogP contribution >= 0.6 is 0 Å². The molecule has 0 aromatic rings. The van der Waals surface area contributed by atoms with E-state index in [1.807, 2.05) is 0 Å². The van der Waals surface area contributed by atoms with Crippen LogP contribution < -0.4 is 5.32 Å². The molecule has 5 heteroatoms. The van der Waals surface area contributed by atoms with Gasteiger partial charge in [-0.25, -0.2) is 4.79 Å². The molecule has 14 heavy (non-hydrogen) atoms. The minimum Gasteiger partial charge on any atom is -0.480 e. The van der Waals surface area contributed by atoms with E-state index < -0.39 is 12.0 Å².